The van der Waals surface area contributed by atoms with Crippen LogP contribution in [0.4, 0.5) is 23.2 Å². The zero-order valence-corrected chi connectivity index (χ0v) is 18.7. The summed E-state index contributed by atoms with van der Waals surface area (Å²) < 4.78 is 61.1. The van der Waals surface area contributed by atoms with Crippen molar-refractivity contribution in [2.75, 3.05) is 4.90 Å². The van der Waals surface area contributed by atoms with Gasteiger partial charge in [-0.1, -0.05) is 37.6 Å². The van der Waals surface area contributed by atoms with E-state index in [0.717, 1.165) is 24.5 Å². The quantitative estimate of drug-likeness (QED) is 0.329. The van der Waals surface area contributed by atoms with E-state index < -0.39 is 17.6 Å². The van der Waals surface area contributed by atoms with Gasteiger partial charge in [0.15, 0.2) is 0 Å². The van der Waals surface area contributed by atoms with Gasteiger partial charge in [0, 0.05) is 12.1 Å². The van der Waals surface area contributed by atoms with E-state index in [9.17, 15) is 22.4 Å². The Hall–Kier alpha value is -3.35. The minimum absolute atomic E-state index is 0.0510. The molecule has 34 heavy (non-hydrogen) atoms. The topological polar surface area (TPSA) is 29.5 Å². The number of carbonyl (C=O) groups excluding carboxylic acids is 1. The van der Waals surface area contributed by atoms with Gasteiger partial charge in [0.25, 0.3) is 0 Å². The smallest absolute Gasteiger partial charge is 0.420 e. The van der Waals surface area contributed by atoms with E-state index in [1.807, 2.05) is 12.1 Å². The van der Waals surface area contributed by atoms with Crippen LogP contribution >= 0.6 is 0 Å². The summed E-state index contributed by atoms with van der Waals surface area (Å²) in [6.45, 7) is 1.57. The molecule has 0 bridgehead atoms. The van der Waals surface area contributed by atoms with E-state index in [1.54, 1.807) is 25.1 Å². The lowest BCUT2D eigenvalue weighted by Crippen LogP contribution is -2.30. The molecule has 4 rings (SSSR count). The molecule has 0 atom stereocenters. The second-order valence-corrected chi connectivity index (χ2v) is 8.44. The van der Waals surface area contributed by atoms with E-state index in [2.05, 4.69) is 0 Å². The first-order valence-corrected chi connectivity index (χ1v) is 11.3. The fourth-order valence-electron chi connectivity index (χ4n) is 4.01. The van der Waals surface area contributed by atoms with Crippen molar-refractivity contribution in [1.82, 2.24) is 0 Å². The molecule has 178 valence electrons. The molecule has 0 aromatic heterocycles. The summed E-state index contributed by atoms with van der Waals surface area (Å²) in [5.74, 6) is -0.383. The molecule has 1 fully saturated rings. The van der Waals surface area contributed by atoms with Gasteiger partial charge in [0.05, 0.1) is 6.54 Å². The highest BCUT2D eigenvalue weighted by molar-refractivity contribution is 5.93. The molecular formula is C27H25F4NO2. The Bertz CT molecular complexity index is 1150. The van der Waals surface area contributed by atoms with Crippen LogP contribution in [-0.4, -0.2) is 5.91 Å². The second-order valence-electron chi connectivity index (χ2n) is 8.44. The Balaban J connectivity index is 1.63. The first kappa shape index (κ1) is 23.8. The zero-order valence-electron chi connectivity index (χ0n) is 18.7. The summed E-state index contributed by atoms with van der Waals surface area (Å²) in [4.78, 5) is 13.8. The zero-order chi connectivity index (χ0) is 24.3. The number of rotatable bonds is 7. The summed E-state index contributed by atoms with van der Waals surface area (Å²) in [5, 5.41) is 0. The summed E-state index contributed by atoms with van der Waals surface area (Å²) >= 11 is 0. The van der Waals surface area contributed by atoms with E-state index in [1.165, 1.54) is 41.7 Å². The molecule has 3 aromatic rings. The van der Waals surface area contributed by atoms with Gasteiger partial charge in [0.1, 0.15) is 22.9 Å². The van der Waals surface area contributed by atoms with Gasteiger partial charge in [-0.25, -0.2) is 4.39 Å². The molecule has 3 nitrogen and oxygen atoms in total. The van der Waals surface area contributed by atoms with Crippen molar-refractivity contribution in [1.29, 1.82) is 0 Å². The van der Waals surface area contributed by atoms with Gasteiger partial charge in [0.2, 0.25) is 5.91 Å². The monoisotopic (exact) mass is 471 g/mol. The number of amides is 1. The van der Waals surface area contributed by atoms with Gasteiger partial charge >= 0.3 is 6.18 Å². The SMILES string of the molecule is CCC(=O)N(Cc1cccc(F)c1)c1ccc(Oc2ccc(C3CCC3)cc2)c(C(F)(F)F)c1. The van der Waals surface area contributed by atoms with Crippen LogP contribution < -0.4 is 9.64 Å². The minimum atomic E-state index is -4.70. The van der Waals surface area contributed by atoms with Crippen molar-refractivity contribution in [3.05, 3.63) is 89.2 Å². The number of hydrogen-bond donors (Lipinski definition) is 0. The maximum atomic E-state index is 13.9. The highest BCUT2D eigenvalue weighted by Gasteiger charge is 2.36. The van der Waals surface area contributed by atoms with Crippen LogP contribution in [0.2, 0.25) is 0 Å². The van der Waals surface area contributed by atoms with Crippen LogP contribution in [0.25, 0.3) is 0 Å². The fraction of sp³-hybridized carbons (Fsp3) is 0.296. The standard InChI is InChI=1S/C27H25F4NO2/c1-2-26(33)32(17-18-5-3-8-21(28)15-18)22-11-14-25(24(16-22)27(29,30)31)34-23-12-9-20(10-13-23)19-6-4-7-19/h3,5,8-16,19H,2,4,6-7,17H2,1H3. The number of nitrogens with zero attached hydrogens (tertiary/aromatic N) is 1. The average Bonchev–Trinajstić information content (AvgIpc) is 2.77. The third-order valence-corrected chi connectivity index (χ3v) is 6.10. The first-order valence-electron chi connectivity index (χ1n) is 11.3. The summed E-state index contributed by atoms with van der Waals surface area (Å²) in [6.07, 6.45) is -1.16. The number of alkyl halides is 3. The molecule has 0 aliphatic heterocycles. The molecule has 7 heteroatoms. The van der Waals surface area contributed by atoms with Gasteiger partial charge < -0.3 is 9.64 Å². The van der Waals surface area contributed by atoms with E-state index in [-0.39, 0.29) is 30.3 Å². The summed E-state index contributed by atoms with van der Waals surface area (Å²) in [7, 11) is 0. The van der Waals surface area contributed by atoms with Gasteiger partial charge in [-0.3, -0.25) is 4.79 Å². The van der Waals surface area contributed by atoms with E-state index in [4.69, 9.17) is 4.74 Å². The van der Waals surface area contributed by atoms with E-state index in [0.29, 0.717) is 17.2 Å². The van der Waals surface area contributed by atoms with Crippen LogP contribution in [0.15, 0.2) is 66.7 Å². The van der Waals surface area contributed by atoms with Gasteiger partial charge in [-0.2, -0.15) is 13.2 Å². The van der Waals surface area contributed by atoms with Crippen molar-refractivity contribution < 1.29 is 27.1 Å². The van der Waals surface area contributed by atoms with Crippen molar-refractivity contribution >= 4 is 11.6 Å². The minimum Gasteiger partial charge on any atom is -0.457 e. The lowest BCUT2D eigenvalue weighted by atomic mass is 9.80. The van der Waals surface area contributed by atoms with Crippen LogP contribution in [0.5, 0.6) is 11.5 Å². The van der Waals surface area contributed by atoms with Crippen molar-refractivity contribution in [2.45, 2.75) is 51.2 Å². The Morgan fingerprint density at radius 1 is 1.03 bits per heavy atom. The van der Waals surface area contributed by atoms with Crippen LogP contribution in [0.1, 0.15) is 55.2 Å². The molecule has 3 aromatic carbocycles. The largest absolute Gasteiger partial charge is 0.457 e. The molecule has 0 heterocycles. The lowest BCUT2D eigenvalue weighted by molar-refractivity contribution is -0.138. The highest BCUT2D eigenvalue weighted by Crippen LogP contribution is 2.41. The molecule has 1 amide bonds. The van der Waals surface area contributed by atoms with Crippen molar-refractivity contribution in [3.8, 4) is 11.5 Å². The number of halogens is 4. The van der Waals surface area contributed by atoms with Crippen LogP contribution in [0.3, 0.4) is 0 Å². The van der Waals surface area contributed by atoms with E-state index >= 15 is 0 Å². The molecule has 0 unspecified atom stereocenters. The predicted molar refractivity (Wildman–Crippen MR) is 122 cm³/mol. The Kier molecular flexibility index (Phi) is 6.91. The van der Waals surface area contributed by atoms with Crippen molar-refractivity contribution in [3.63, 3.8) is 0 Å². The molecule has 0 radical (unpaired) electrons. The molecule has 0 saturated heterocycles. The Morgan fingerprint density at radius 2 is 1.76 bits per heavy atom. The normalized spacial score (nSPS) is 13.9. The Morgan fingerprint density at radius 3 is 2.35 bits per heavy atom. The van der Waals surface area contributed by atoms with Crippen LogP contribution in [0, 0.1) is 5.82 Å². The molecule has 0 spiro atoms. The molecular weight excluding hydrogens is 446 g/mol. The fourth-order valence-corrected chi connectivity index (χ4v) is 4.01. The molecule has 1 aliphatic carbocycles. The van der Waals surface area contributed by atoms with Gasteiger partial charge in [-0.05, 0) is 72.4 Å². The number of benzene rings is 3. The first-order chi connectivity index (χ1) is 16.2. The number of anilines is 1. The molecule has 1 aliphatic rings. The third kappa shape index (κ3) is 5.41. The summed E-state index contributed by atoms with van der Waals surface area (Å²) in [6, 6.07) is 16.3. The predicted octanol–water partition coefficient (Wildman–Crippen LogP) is 7.85. The number of hydrogen-bond acceptors (Lipinski definition) is 2. The lowest BCUT2D eigenvalue weighted by Gasteiger charge is -2.26. The van der Waals surface area contributed by atoms with Gasteiger partial charge in [-0.15, -0.1) is 0 Å². The number of ether oxygens (including phenoxy) is 1. The number of carbonyl (C=O) groups is 1. The van der Waals surface area contributed by atoms with Crippen molar-refractivity contribution in [2.24, 2.45) is 0 Å². The Labute approximate surface area is 196 Å². The van der Waals surface area contributed by atoms with Crippen LogP contribution in [-0.2, 0) is 17.5 Å². The average molecular weight is 471 g/mol. The maximum Gasteiger partial charge on any atom is 0.420 e. The summed E-state index contributed by atoms with van der Waals surface area (Å²) in [5.41, 5.74) is 0.718. The molecule has 0 N–H and O–H groups in total. The highest BCUT2D eigenvalue weighted by atomic mass is 19.4. The second kappa shape index (κ2) is 9.87. The molecule has 1 saturated carbocycles. The maximum absolute atomic E-state index is 13.9. The third-order valence-electron chi connectivity index (χ3n) is 6.10.